The summed E-state index contributed by atoms with van der Waals surface area (Å²) < 4.78 is 6.53. The van der Waals surface area contributed by atoms with Gasteiger partial charge in [-0.15, -0.1) is 5.10 Å². The van der Waals surface area contributed by atoms with E-state index in [0.29, 0.717) is 24.8 Å². The molecule has 2 aromatic heterocycles. The monoisotopic (exact) mass is 333 g/mol. The Morgan fingerprint density at radius 3 is 2.67 bits per heavy atom. The third-order valence-electron chi connectivity index (χ3n) is 3.44. The summed E-state index contributed by atoms with van der Waals surface area (Å²) in [6, 6.07) is 1.90. The number of hydrogen-bond donors (Lipinski definition) is 0. The number of esters is 1. The van der Waals surface area contributed by atoms with Gasteiger partial charge < -0.3 is 9.64 Å². The van der Waals surface area contributed by atoms with Crippen LogP contribution in [0.2, 0.25) is 0 Å². The van der Waals surface area contributed by atoms with Crippen LogP contribution in [0.3, 0.4) is 0 Å². The molecule has 1 amide bonds. The van der Waals surface area contributed by atoms with Crippen LogP contribution >= 0.6 is 0 Å². The number of hydrogen-bond acceptors (Lipinski definition) is 6. The number of rotatable bonds is 7. The zero-order chi connectivity index (χ0) is 17.7. The summed E-state index contributed by atoms with van der Waals surface area (Å²) in [6.45, 7) is 8.21. The van der Waals surface area contributed by atoms with Gasteiger partial charge in [-0.05, 0) is 33.3 Å². The Kier molecular flexibility index (Phi) is 5.83. The molecule has 2 aromatic rings. The second kappa shape index (κ2) is 7.85. The van der Waals surface area contributed by atoms with Crippen molar-refractivity contribution in [2.24, 2.45) is 0 Å². The fourth-order valence-electron chi connectivity index (χ4n) is 2.45. The van der Waals surface area contributed by atoms with E-state index in [1.165, 1.54) is 4.90 Å². The highest BCUT2D eigenvalue weighted by molar-refractivity contribution is 5.83. The van der Waals surface area contributed by atoms with Crippen molar-refractivity contribution in [1.29, 1.82) is 0 Å². The molecule has 8 heteroatoms. The molecule has 0 spiro atoms. The summed E-state index contributed by atoms with van der Waals surface area (Å²) in [4.78, 5) is 34.2. The maximum absolute atomic E-state index is 12.5. The third-order valence-corrected chi connectivity index (χ3v) is 3.44. The zero-order valence-corrected chi connectivity index (χ0v) is 14.6. The van der Waals surface area contributed by atoms with Crippen molar-refractivity contribution < 1.29 is 14.3 Å². The van der Waals surface area contributed by atoms with Crippen LogP contribution in [-0.4, -0.2) is 56.1 Å². The van der Waals surface area contributed by atoms with Crippen LogP contribution in [0.1, 0.15) is 37.5 Å². The first-order valence-electron chi connectivity index (χ1n) is 8.07. The number of amides is 1. The molecular weight excluding hydrogens is 310 g/mol. The summed E-state index contributed by atoms with van der Waals surface area (Å²) in [5.74, 6) is 0.263. The highest BCUT2D eigenvalue weighted by Crippen LogP contribution is 2.07. The molecule has 0 aliphatic heterocycles. The summed E-state index contributed by atoms with van der Waals surface area (Å²) in [6.07, 6.45) is 0.783. The van der Waals surface area contributed by atoms with E-state index in [1.54, 1.807) is 11.4 Å². The van der Waals surface area contributed by atoms with Crippen molar-refractivity contribution in [3.8, 4) is 0 Å². The topological polar surface area (TPSA) is 89.7 Å². The molecule has 0 aliphatic carbocycles. The first-order chi connectivity index (χ1) is 11.4. The third kappa shape index (κ3) is 4.27. The minimum absolute atomic E-state index is 0.0290. The average Bonchev–Trinajstić information content (AvgIpc) is 2.89. The number of fused-ring (bicyclic) bond motifs is 1. The Bertz CT molecular complexity index is 741. The van der Waals surface area contributed by atoms with E-state index in [0.717, 1.165) is 17.8 Å². The van der Waals surface area contributed by atoms with Gasteiger partial charge >= 0.3 is 5.97 Å². The number of aryl methyl sites for hydroxylation is 2. The Hall–Kier alpha value is -2.51. The molecule has 0 N–H and O–H groups in total. The summed E-state index contributed by atoms with van der Waals surface area (Å²) in [7, 11) is 0. The molecule has 0 fully saturated rings. The van der Waals surface area contributed by atoms with Gasteiger partial charge in [-0.3, -0.25) is 9.59 Å². The van der Waals surface area contributed by atoms with Crippen LogP contribution in [0.5, 0.6) is 0 Å². The van der Waals surface area contributed by atoms with E-state index >= 15 is 0 Å². The lowest BCUT2D eigenvalue weighted by Gasteiger charge is -2.20. The summed E-state index contributed by atoms with van der Waals surface area (Å²) in [5, 5.41) is 4.33. The van der Waals surface area contributed by atoms with Gasteiger partial charge in [0.1, 0.15) is 6.54 Å². The quantitative estimate of drug-likeness (QED) is 0.705. The minimum Gasteiger partial charge on any atom is -0.465 e. The number of carbonyl (C=O) groups is 2. The molecule has 0 atom stereocenters. The van der Waals surface area contributed by atoms with Crippen molar-refractivity contribution in [3.63, 3.8) is 0 Å². The van der Waals surface area contributed by atoms with E-state index in [-0.39, 0.29) is 18.9 Å². The largest absolute Gasteiger partial charge is 0.465 e. The predicted molar refractivity (Wildman–Crippen MR) is 87.5 cm³/mol. The Morgan fingerprint density at radius 1 is 1.25 bits per heavy atom. The van der Waals surface area contributed by atoms with Gasteiger partial charge in [-0.25, -0.2) is 9.50 Å². The fraction of sp³-hybridized carbons (Fsp3) is 0.562. The molecule has 0 saturated heterocycles. The highest BCUT2D eigenvalue weighted by atomic mass is 16.5. The molecule has 24 heavy (non-hydrogen) atoms. The number of carbonyl (C=O) groups excluding carboxylic acids is 2. The van der Waals surface area contributed by atoms with Gasteiger partial charge in [-0.2, -0.15) is 4.98 Å². The predicted octanol–water partition coefficient (Wildman–Crippen LogP) is 1.09. The Morgan fingerprint density at radius 2 is 2.00 bits per heavy atom. The summed E-state index contributed by atoms with van der Waals surface area (Å²) >= 11 is 0. The van der Waals surface area contributed by atoms with E-state index < -0.39 is 5.97 Å². The van der Waals surface area contributed by atoms with E-state index in [4.69, 9.17) is 4.74 Å². The molecule has 8 nitrogen and oxygen atoms in total. The van der Waals surface area contributed by atoms with Crippen LogP contribution in [-0.2, 0) is 20.7 Å². The number of ether oxygens (including phenoxy) is 1. The van der Waals surface area contributed by atoms with Crippen molar-refractivity contribution >= 4 is 17.7 Å². The normalized spacial score (nSPS) is 10.8. The zero-order valence-electron chi connectivity index (χ0n) is 14.6. The van der Waals surface area contributed by atoms with Crippen molar-refractivity contribution in [1.82, 2.24) is 24.5 Å². The first kappa shape index (κ1) is 17.8. The molecular formula is C16H23N5O3. The van der Waals surface area contributed by atoms with Gasteiger partial charge in [0.2, 0.25) is 5.91 Å². The van der Waals surface area contributed by atoms with E-state index in [2.05, 4.69) is 15.1 Å². The maximum atomic E-state index is 12.5. The standard InChI is InChI=1S/C16H23N5O3/c1-5-7-20(10-15(23)24-6-2)14(22)9-13-18-16-17-11(3)8-12(4)21(16)19-13/h8H,5-7,9-10H2,1-4H3. The first-order valence-corrected chi connectivity index (χ1v) is 8.07. The second-order valence-electron chi connectivity index (χ2n) is 5.58. The lowest BCUT2D eigenvalue weighted by atomic mass is 10.3. The minimum atomic E-state index is -0.407. The van der Waals surface area contributed by atoms with Gasteiger partial charge in [0, 0.05) is 17.9 Å². The van der Waals surface area contributed by atoms with Gasteiger partial charge in [0.15, 0.2) is 5.82 Å². The van der Waals surface area contributed by atoms with Crippen LogP contribution < -0.4 is 0 Å². The van der Waals surface area contributed by atoms with E-state index in [9.17, 15) is 9.59 Å². The van der Waals surface area contributed by atoms with Crippen molar-refractivity contribution in [2.75, 3.05) is 19.7 Å². The Balaban J connectivity index is 2.14. The van der Waals surface area contributed by atoms with E-state index in [1.807, 2.05) is 26.8 Å². The number of aromatic nitrogens is 4. The van der Waals surface area contributed by atoms with Gasteiger partial charge in [0.05, 0.1) is 13.0 Å². The fourth-order valence-corrected chi connectivity index (χ4v) is 2.45. The SMILES string of the molecule is CCCN(CC(=O)OCC)C(=O)Cc1nc2nc(C)cc(C)n2n1. The lowest BCUT2D eigenvalue weighted by molar-refractivity contribution is -0.148. The number of nitrogens with zero attached hydrogens (tertiary/aromatic N) is 5. The maximum Gasteiger partial charge on any atom is 0.325 e. The van der Waals surface area contributed by atoms with Crippen molar-refractivity contribution in [2.45, 2.75) is 40.5 Å². The highest BCUT2D eigenvalue weighted by Gasteiger charge is 2.20. The molecule has 130 valence electrons. The molecule has 0 radical (unpaired) electrons. The van der Waals surface area contributed by atoms with Crippen LogP contribution in [0, 0.1) is 13.8 Å². The second-order valence-corrected chi connectivity index (χ2v) is 5.58. The average molecular weight is 333 g/mol. The molecule has 2 rings (SSSR count). The smallest absolute Gasteiger partial charge is 0.325 e. The molecule has 0 unspecified atom stereocenters. The Labute approximate surface area is 140 Å². The van der Waals surface area contributed by atoms with Crippen LogP contribution in [0.15, 0.2) is 6.07 Å². The van der Waals surface area contributed by atoms with Gasteiger partial charge in [-0.1, -0.05) is 6.92 Å². The molecule has 0 bridgehead atoms. The van der Waals surface area contributed by atoms with Crippen molar-refractivity contribution in [3.05, 3.63) is 23.3 Å². The molecule has 0 saturated carbocycles. The summed E-state index contributed by atoms with van der Waals surface area (Å²) in [5.41, 5.74) is 1.75. The lowest BCUT2D eigenvalue weighted by Crippen LogP contribution is -2.38. The molecule has 0 aliphatic rings. The van der Waals surface area contributed by atoms with Crippen LogP contribution in [0.25, 0.3) is 5.78 Å². The van der Waals surface area contributed by atoms with Crippen LogP contribution in [0.4, 0.5) is 0 Å². The van der Waals surface area contributed by atoms with Gasteiger partial charge in [0.25, 0.3) is 5.78 Å². The molecule has 0 aromatic carbocycles. The molecule has 2 heterocycles.